The zero-order valence-electron chi connectivity index (χ0n) is 17.4. The van der Waals surface area contributed by atoms with Crippen molar-refractivity contribution in [2.45, 2.75) is 13.5 Å². The van der Waals surface area contributed by atoms with E-state index in [4.69, 9.17) is 25.5 Å². The molecule has 0 amide bonds. The molecule has 0 saturated carbocycles. The summed E-state index contributed by atoms with van der Waals surface area (Å²) in [6.07, 6.45) is 0. The molecule has 1 heterocycles. The summed E-state index contributed by atoms with van der Waals surface area (Å²) in [4.78, 5) is 24.5. The van der Waals surface area contributed by atoms with E-state index in [-0.39, 0.29) is 11.2 Å². The van der Waals surface area contributed by atoms with Gasteiger partial charge in [-0.1, -0.05) is 23.7 Å². The molecule has 0 spiro atoms. The molecule has 7 heteroatoms. The van der Waals surface area contributed by atoms with Crippen LogP contribution in [0.4, 0.5) is 0 Å². The van der Waals surface area contributed by atoms with Gasteiger partial charge in [0.15, 0.2) is 0 Å². The van der Waals surface area contributed by atoms with Crippen molar-refractivity contribution < 1.29 is 23.4 Å². The Hall–Kier alpha value is -3.77. The Balaban J connectivity index is 1.56. The minimum absolute atomic E-state index is 0.0816. The number of fused-ring (bicyclic) bond motifs is 1. The maximum atomic E-state index is 13.0. The fourth-order valence-electron chi connectivity index (χ4n) is 3.12. The largest absolute Gasteiger partial charge is 0.489 e. The highest BCUT2D eigenvalue weighted by Gasteiger charge is 2.15. The van der Waals surface area contributed by atoms with Crippen molar-refractivity contribution in [2.24, 2.45) is 0 Å². The van der Waals surface area contributed by atoms with Gasteiger partial charge in [-0.2, -0.15) is 0 Å². The predicted octanol–water partition coefficient (Wildman–Crippen LogP) is 5.91. The standard InChI is InChI=1S/C25H19ClO6/c1-15-24(32-19-9-5-17(6-10-19)25(28)29-2)23(27)21-12-11-20(13-22(21)31-15)30-14-16-3-7-18(26)8-4-16/h3-13H,14H2,1-2H3. The quantitative estimate of drug-likeness (QED) is 0.340. The first-order valence-electron chi connectivity index (χ1n) is 9.75. The fourth-order valence-corrected chi connectivity index (χ4v) is 3.24. The van der Waals surface area contributed by atoms with Crippen LogP contribution in [0.5, 0.6) is 17.2 Å². The van der Waals surface area contributed by atoms with E-state index >= 15 is 0 Å². The molecule has 4 aromatic rings. The van der Waals surface area contributed by atoms with E-state index < -0.39 is 5.97 Å². The van der Waals surface area contributed by atoms with E-state index in [0.29, 0.717) is 45.4 Å². The molecule has 0 atom stereocenters. The molecular weight excluding hydrogens is 432 g/mol. The van der Waals surface area contributed by atoms with Crippen LogP contribution < -0.4 is 14.9 Å². The van der Waals surface area contributed by atoms with E-state index in [9.17, 15) is 9.59 Å². The topological polar surface area (TPSA) is 75.0 Å². The van der Waals surface area contributed by atoms with Gasteiger partial charge in [0.25, 0.3) is 0 Å². The summed E-state index contributed by atoms with van der Waals surface area (Å²) < 4.78 is 22.1. The molecule has 1 aromatic heterocycles. The van der Waals surface area contributed by atoms with Crippen LogP contribution in [0.2, 0.25) is 5.02 Å². The smallest absolute Gasteiger partial charge is 0.337 e. The van der Waals surface area contributed by atoms with Crippen LogP contribution >= 0.6 is 11.6 Å². The molecule has 0 aliphatic rings. The van der Waals surface area contributed by atoms with Gasteiger partial charge in [0.05, 0.1) is 18.1 Å². The van der Waals surface area contributed by atoms with E-state index in [2.05, 4.69) is 4.74 Å². The number of carbonyl (C=O) groups excluding carboxylic acids is 1. The summed E-state index contributed by atoms with van der Waals surface area (Å²) in [6, 6.07) is 18.7. The molecular formula is C25H19ClO6. The molecule has 0 aliphatic carbocycles. The molecule has 4 rings (SSSR count). The summed E-state index contributed by atoms with van der Waals surface area (Å²) in [6.45, 7) is 2.01. The molecule has 0 aliphatic heterocycles. The van der Waals surface area contributed by atoms with Crippen LogP contribution in [0.15, 0.2) is 75.9 Å². The number of hydrogen-bond acceptors (Lipinski definition) is 6. The SMILES string of the molecule is COC(=O)c1ccc(Oc2c(C)oc3cc(OCc4ccc(Cl)cc4)ccc3c2=O)cc1. The molecule has 0 saturated heterocycles. The molecule has 0 N–H and O–H groups in total. The van der Waals surface area contributed by atoms with Gasteiger partial charge < -0.3 is 18.6 Å². The number of esters is 1. The highest BCUT2D eigenvalue weighted by molar-refractivity contribution is 6.30. The van der Waals surface area contributed by atoms with Gasteiger partial charge in [-0.05, 0) is 61.0 Å². The van der Waals surface area contributed by atoms with Crippen molar-refractivity contribution >= 4 is 28.5 Å². The molecule has 0 unspecified atom stereocenters. The first kappa shape index (κ1) is 21.5. The van der Waals surface area contributed by atoms with Crippen molar-refractivity contribution in [2.75, 3.05) is 7.11 Å². The van der Waals surface area contributed by atoms with Gasteiger partial charge in [0, 0.05) is 11.1 Å². The summed E-state index contributed by atoms with van der Waals surface area (Å²) in [5, 5.41) is 1.03. The minimum Gasteiger partial charge on any atom is -0.489 e. The third-order valence-electron chi connectivity index (χ3n) is 4.80. The van der Waals surface area contributed by atoms with E-state index in [1.807, 2.05) is 12.1 Å². The first-order valence-corrected chi connectivity index (χ1v) is 10.1. The average Bonchev–Trinajstić information content (AvgIpc) is 2.81. The predicted molar refractivity (Wildman–Crippen MR) is 121 cm³/mol. The van der Waals surface area contributed by atoms with Crippen LogP contribution in [0.3, 0.4) is 0 Å². The number of halogens is 1. The highest BCUT2D eigenvalue weighted by atomic mass is 35.5. The molecule has 3 aromatic carbocycles. The van der Waals surface area contributed by atoms with Crippen LogP contribution in [-0.4, -0.2) is 13.1 Å². The Morgan fingerprint density at radius 3 is 2.34 bits per heavy atom. The van der Waals surface area contributed by atoms with Crippen molar-refractivity contribution in [3.05, 3.63) is 98.9 Å². The third kappa shape index (κ3) is 4.60. The maximum Gasteiger partial charge on any atom is 0.337 e. The number of rotatable bonds is 6. The van der Waals surface area contributed by atoms with Crippen molar-refractivity contribution in [3.8, 4) is 17.2 Å². The van der Waals surface area contributed by atoms with Gasteiger partial charge in [-0.25, -0.2) is 4.79 Å². The van der Waals surface area contributed by atoms with Crippen LogP contribution in [-0.2, 0) is 11.3 Å². The second-order valence-electron chi connectivity index (χ2n) is 7.01. The van der Waals surface area contributed by atoms with Crippen molar-refractivity contribution in [3.63, 3.8) is 0 Å². The number of aryl methyl sites for hydroxylation is 1. The van der Waals surface area contributed by atoms with Gasteiger partial charge in [-0.3, -0.25) is 4.79 Å². The van der Waals surface area contributed by atoms with Crippen molar-refractivity contribution in [1.82, 2.24) is 0 Å². The van der Waals surface area contributed by atoms with Gasteiger partial charge in [0.1, 0.15) is 29.4 Å². The number of benzene rings is 3. The minimum atomic E-state index is -0.452. The first-order chi connectivity index (χ1) is 15.4. The summed E-state index contributed by atoms with van der Waals surface area (Å²) in [5.41, 5.74) is 1.45. The molecule has 32 heavy (non-hydrogen) atoms. The highest BCUT2D eigenvalue weighted by Crippen LogP contribution is 2.28. The second-order valence-corrected chi connectivity index (χ2v) is 7.44. The number of ether oxygens (including phenoxy) is 3. The summed E-state index contributed by atoms with van der Waals surface area (Å²) >= 11 is 5.90. The Morgan fingerprint density at radius 2 is 1.66 bits per heavy atom. The number of carbonyl (C=O) groups is 1. The normalized spacial score (nSPS) is 10.7. The number of hydrogen-bond donors (Lipinski definition) is 0. The van der Waals surface area contributed by atoms with E-state index in [0.717, 1.165) is 5.56 Å². The Bertz CT molecular complexity index is 1320. The zero-order valence-corrected chi connectivity index (χ0v) is 18.1. The van der Waals surface area contributed by atoms with Gasteiger partial charge in [0.2, 0.25) is 11.2 Å². The molecule has 6 nitrogen and oxygen atoms in total. The van der Waals surface area contributed by atoms with Crippen LogP contribution in [0.1, 0.15) is 21.7 Å². The fraction of sp³-hybridized carbons (Fsp3) is 0.120. The molecule has 0 fully saturated rings. The molecule has 162 valence electrons. The lowest BCUT2D eigenvalue weighted by Crippen LogP contribution is -2.08. The van der Waals surface area contributed by atoms with Gasteiger partial charge in [-0.15, -0.1) is 0 Å². The summed E-state index contributed by atoms with van der Waals surface area (Å²) in [7, 11) is 1.31. The lowest BCUT2D eigenvalue weighted by Gasteiger charge is -2.11. The van der Waals surface area contributed by atoms with E-state index in [1.165, 1.54) is 7.11 Å². The third-order valence-corrected chi connectivity index (χ3v) is 5.05. The van der Waals surface area contributed by atoms with Crippen LogP contribution in [0, 0.1) is 6.92 Å². The van der Waals surface area contributed by atoms with Gasteiger partial charge >= 0.3 is 5.97 Å². The number of methoxy groups -OCH3 is 1. The molecule has 0 radical (unpaired) electrons. The monoisotopic (exact) mass is 450 g/mol. The van der Waals surface area contributed by atoms with Crippen LogP contribution in [0.25, 0.3) is 11.0 Å². The second kappa shape index (κ2) is 9.16. The molecule has 0 bridgehead atoms. The van der Waals surface area contributed by atoms with E-state index in [1.54, 1.807) is 61.5 Å². The average molecular weight is 451 g/mol. The van der Waals surface area contributed by atoms with Crippen molar-refractivity contribution in [1.29, 1.82) is 0 Å². The maximum absolute atomic E-state index is 13.0. The Labute approximate surface area is 188 Å². The lowest BCUT2D eigenvalue weighted by molar-refractivity contribution is 0.0600. The lowest BCUT2D eigenvalue weighted by atomic mass is 10.2. The summed E-state index contributed by atoms with van der Waals surface area (Å²) in [5.74, 6) is 0.928. The Morgan fingerprint density at radius 1 is 0.969 bits per heavy atom. The zero-order chi connectivity index (χ0) is 22.7. The Kier molecular flexibility index (Phi) is 6.14.